The first-order valence-electron chi connectivity index (χ1n) is 6.85. The number of nitrogens with one attached hydrogen (secondary N) is 1. The molecule has 5 heteroatoms. The van der Waals surface area contributed by atoms with Gasteiger partial charge in [-0.1, -0.05) is 32.1 Å². The Labute approximate surface area is 113 Å². The van der Waals surface area contributed by atoms with Gasteiger partial charge in [0, 0.05) is 19.1 Å². The molecule has 1 aliphatic heterocycles. The van der Waals surface area contributed by atoms with Crippen LogP contribution in [-0.2, 0) is 11.3 Å². The van der Waals surface area contributed by atoms with Crippen LogP contribution >= 0.6 is 11.3 Å². The molecule has 0 spiro atoms. The van der Waals surface area contributed by atoms with Crippen molar-refractivity contribution in [3.63, 3.8) is 0 Å². The lowest BCUT2D eigenvalue weighted by molar-refractivity contribution is 0.100. The lowest BCUT2D eigenvalue weighted by Gasteiger charge is -2.12. The molecule has 18 heavy (non-hydrogen) atoms. The summed E-state index contributed by atoms with van der Waals surface area (Å²) < 4.78 is 5.71. The molecule has 1 fully saturated rings. The third-order valence-electron chi connectivity index (χ3n) is 3.24. The summed E-state index contributed by atoms with van der Waals surface area (Å²) in [6, 6.07) is 0. The molecule has 4 nitrogen and oxygen atoms in total. The van der Waals surface area contributed by atoms with E-state index < -0.39 is 0 Å². The summed E-state index contributed by atoms with van der Waals surface area (Å²) >= 11 is 1.74. The van der Waals surface area contributed by atoms with E-state index in [-0.39, 0.29) is 0 Å². The van der Waals surface area contributed by atoms with Gasteiger partial charge in [-0.3, -0.25) is 0 Å². The van der Waals surface area contributed by atoms with Crippen LogP contribution in [0.15, 0.2) is 0 Å². The SMILES string of the molecule is CCC1OCCC1c1nnc(CNCC(C)C)s1. The summed E-state index contributed by atoms with van der Waals surface area (Å²) in [7, 11) is 0. The predicted octanol–water partition coefficient (Wildman–Crippen LogP) is 2.57. The zero-order valence-corrected chi connectivity index (χ0v) is 12.3. The van der Waals surface area contributed by atoms with Crippen LogP contribution < -0.4 is 5.32 Å². The molecule has 0 aliphatic carbocycles. The first-order chi connectivity index (χ1) is 8.70. The molecule has 0 amide bonds. The number of aromatic nitrogens is 2. The standard InChI is InChI=1S/C13H23N3OS/c1-4-11-10(5-6-17-11)13-16-15-12(18-13)8-14-7-9(2)3/h9-11,14H,4-8H2,1-3H3. The second-order valence-corrected chi connectivity index (χ2v) is 6.37. The molecule has 0 radical (unpaired) electrons. The molecule has 102 valence electrons. The lowest BCUT2D eigenvalue weighted by atomic mass is 10.0. The summed E-state index contributed by atoms with van der Waals surface area (Å²) in [6.07, 6.45) is 2.49. The molecule has 2 unspecified atom stereocenters. The highest BCUT2D eigenvalue weighted by molar-refractivity contribution is 7.11. The molecule has 2 heterocycles. The van der Waals surface area contributed by atoms with Gasteiger partial charge in [-0.25, -0.2) is 0 Å². The number of rotatable bonds is 6. The minimum absolute atomic E-state index is 0.342. The van der Waals surface area contributed by atoms with Crippen molar-refractivity contribution in [3.8, 4) is 0 Å². The summed E-state index contributed by atoms with van der Waals surface area (Å²) in [5, 5.41) is 14.3. The Kier molecular flexibility index (Phi) is 5.09. The molecule has 0 saturated carbocycles. The summed E-state index contributed by atoms with van der Waals surface area (Å²) in [4.78, 5) is 0. The van der Waals surface area contributed by atoms with E-state index in [0.717, 1.165) is 42.6 Å². The van der Waals surface area contributed by atoms with Gasteiger partial charge in [0.05, 0.1) is 6.10 Å². The predicted molar refractivity (Wildman–Crippen MR) is 73.8 cm³/mol. The summed E-state index contributed by atoms with van der Waals surface area (Å²) in [5.74, 6) is 1.14. The maximum absolute atomic E-state index is 5.71. The summed E-state index contributed by atoms with van der Waals surface area (Å²) in [6.45, 7) is 9.32. The average Bonchev–Trinajstić information content (AvgIpc) is 2.95. The van der Waals surface area contributed by atoms with Crippen molar-refractivity contribution < 1.29 is 4.74 Å². The van der Waals surface area contributed by atoms with Gasteiger partial charge in [-0.15, -0.1) is 10.2 Å². The molecular formula is C13H23N3OS. The van der Waals surface area contributed by atoms with Crippen molar-refractivity contribution in [2.75, 3.05) is 13.2 Å². The van der Waals surface area contributed by atoms with Gasteiger partial charge in [0.25, 0.3) is 0 Å². The Hall–Kier alpha value is -0.520. The normalized spacial score (nSPS) is 24.0. The van der Waals surface area contributed by atoms with Gasteiger partial charge in [0.2, 0.25) is 0 Å². The third kappa shape index (κ3) is 3.49. The van der Waals surface area contributed by atoms with Gasteiger partial charge < -0.3 is 10.1 Å². The van der Waals surface area contributed by atoms with Crippen molar-refractivity contribution in [2.24, 2.45) is 5.92 Å². The quantitative estimate of drug-likeness (QED) is 0.862. The van der Waals surface area contributed by atoms with Crippen molar-refractivity contribution in [2.45, 2.75) is 52.2 Å². The Morgan fingerprint density at radius 1 is 1.44 bits per heavy atom. The minimum atomic E-state index is 0.342. The Morgan fingerprint density at radius 3 is 3.00 bits per heavy atom. The molecule has 2 atom stereocenters. The van der Waals surface area contributed by atoms with Crippen LogP contribution in [0.2, 0.25) is 0 Å². The summed E-state index contributed by atoms with van der Waals surface area (Å²) in [5.41, 5.74) is 0. The van der Waals surface area contributed by atoms with E-state index in [1.165, 1.54) is 0 Å². The molecule has 1 aromatic rings. The van der Waals surface area contributed by atoms with Crippen molar-refractivity contribution in [3.05, 3.63) is 10.0 Å². The molecule has 0 bridgehead atoms. The average molecular weight is 269 g/mol. The fraction of sp³-hybridized carbons (Fsp3) is 0.846. The first-order valence-corrected chi connectivity index (χ1v) is 7.67. The highest BCUT2D eigenvalue weighted by Crippen LogP contribution is 2.34. The van der Waals surface area contributed by atoms with E-state index in [9.17, 15) is 0 Å². The van der Waals surface area contributed by atoms with Gasteiger partial charge in [-0.2, -0.15) is 0 Å². The van der Waals surface area contributed by atoms with E-state index in [0.29, 0.717) is 17.9 Å². The molecular weight excluding hydrogens is 246 g/mol. The Bertz CT molecular complexity index is 367. The van der Waals surface area contributed by atoms with Gasteiger partial charge >= 0.3 is 0 Å². The molecule has 1 N–H and O–H groups in total. The zero-order chi connectivity index (χ0) is 13.0. The van der Waals surface area contributed by atoms with Crippen LogP contribution in [-0.4, -0.2) is 29.5 Å². The van der Waals surface area contributed by atoms with Crippen LogP contribution in [0, 0.1) is 5.92 Å². The van der Waals surface area contributed by atoms with E-state index in [4.69, 9.17) is 4.74 Å². The molecule has 1 aromatic heterocycles. The zero-order valence-electron chi connectivity index (χ0n) is 11.5. The second kappa shape index (κ2) is 6.59. The van der Waals surface area contributed by atoms with E-state index in [1.54, 1.807) is 11.3 Å². The smallest absolute Gasteiger partial charge is 0.131 e. The van der Waals surface area contributed by atoms with Crippen molar-refractivity contribution in [1.29, 1.82) is 0 Å². The number of nitrogens with zero attached hydrogens (tertiary/aromatic N) is 2. The Balaban J connectivity index is 1.89. The fourth-order valence-corrected chi connectivity index (χ4v) is 3.29. The van der Waals surface area contributed by atoms with E-state index >= 15 is 0 Å². The Morgan fingerprint density at radius 2 is 2.28 bits per heavy atom. The number of hydrogen-bond acceptors (Lipinski definition) is 5. The highest BCUT2D eigenvalue weighted by atomic mass is 32.1. The largest absolute Gasteiger partial charge is 0.377 e. The highest BCUT2D eigenvalue weighted by Gasteiger charge is 2.30. The van der Waals surface area contributed by atoms with Crippen LogP contribution in [0.5, 0.6) is 0 Å². The fourth-order valence-electron chi connectivity index (χ4n) is 2.29. The monoisotopic (exact) mass is 269 g/mol. The molecule has 2 rings (SSSR count). The molecule has 1 aliphatic rings. The van der Waals surface area contributed by atoms with Gasteiger partial charge in [0.15, 0.2) is 0 Å². The van der Waals surface area contributed by atoms with Crippen LogP contribution in [0.3, 0.4) is 0 Å². The van der Waals surface area contributed by atoms with Crippen LogP contribution in [0.25, 0.3) is 0 Å². The molecule has 1 saturated heterocycles. The van der Waals surface area contributed by atoms with Gasteiger partial charge in [-0.05, 0) is 25.3 Å². The van der Waals surface area contributed by atoms with Crippen LogP contribution in [0.1, 0.15) is 49.5 Å². The van der Waals surface area contributed by atoms with E-state index in [1.807, 2.05) is 0 Å². The van der Waals surface area contributed by atoms with Gasteiger partial charge in [0.1, 0.15) is 10.0 Å². The first kappa shape index (κ1) is 13.9. The maximum Gasteiger partial charge on any atom is 0.131 e. The third-order valence-corrected chi connectivity index (χ3v) is 4.30. The van der Waals surface area contributed by atoms with Crippen molar-refractivity contribution in [1.82, 2.24) is 15.5 Å². The number of hydrogen-bond donors (Lipinski definition) is 1. The minimum Gasteiger partial charge on any atom is -0.377 e. The second-order valence-electron chi connectivity index (χ2n) is 5.27. The van der Waals surface area contributed by atoms with E-state index in [2.05, 4.69) is 36.3 Å². The van der Waals surface area contributed by atoms with Crippen LogP contribution in [0.4, 0.5) is 0 Å². The molecule has 0 aromatic carbocycles. The van der Waals surface area contributed by atoms with Crippen molar-refractivity contribution >= 4 is 11.3 Å². The number of ether oxygens (including phenoxy) is 1. The topological polar surface area (TPSA) is 47.0 Å². The maximum atomic E-state index is 5.71. The lowest BCUT2D eigenvalue weighted by Crippen LogP contribution is -2.18.